The van der Waals surface area contributed by atoms with Crippen molar-refractivity contribution in [1.29, 1.82) is 0 Å². The van der Waals surface area contributed by atoms with Crippen LogP contribution in [0.15, 0.2) is 53.9 Å². The first-order valence-electron chi connectivity index (χ1n) is 5.93. The van der Waals surface area contributed by atoms with E-state index in [0.717, 1.165) is 0 Å². The van der Waals surface area contributed by atoms with E-state index in [9.17, 15) is 0 Å². The van der Waals surface area contributed by atoms with Gasteiger partial charge in [0.1, 0.15) is 0 Å². The van der Waals surface area contributed by atoms with Crippen LogP contribution in [0.3, 0.4) is 0 Å². The Kier molecular flexibility index (Phi) is 3.11. The van der Waals surface area contributed by atoms with Crippen molar-refractivity contribution in [3.63, 3.8) is 0 Å². The lowest BCUT2D eigenvalue weighted by molar-refractivity contribution is 1.20. The number of halogens is 1. The summed E-state index contributed by atoms with van der Waals surface area (Å²) in [5.41, 5.74) is 2.49. The van der Waals surface area contributed by atoms with Gasteiger partial charge in [-0.1, -0.05) is 42.5 Å². The quantitative estimate of drug-likeness (QED) is 0.538. The molecule has 18 heavy (non-hydrogen) atoms. The van der Waals surface area contributed by atoms with Crippen molar-refractivity contribution >= 4 is 33.7 Å². The summed E-state index contributed by atoms with van der Waals surface area (Å²) in [7, 11) is 0. The Morgan fingerprint density at radius 1 is 0.944 bits per heavy atom. The summed E-state index contributed by atoms with van der Waals surface area (Å²) in [6.07, 6.45) is 0. The van der Waals surface area contributed by atoms with Crippen LogP contribution in [-0.2, 0) is 0 Å². The number of benzene rings is 2. The number of fused-ring (bicyclic) bond motifs is 1. The van der Waals surface area contributed by atoms with Crippen molar-refractivity contribution in [2.75, 3.05) is 0 Å². The van der Waals surface area contributed by atoms with Gasteiger partial charge in [0, 0.05) is 4.88 Å². The van der Waals surface area contributed by atoms with Crippen LogP contribution in [-0.4, -0.2) is 0 Å². The predicted octanol–water partition coefficient (Wildman–Crippen LogP) is 5.54. The molecular weight excluding hydrogens is 260 g/mol. The monoisotopic (exact) mass is 272 g/mol. The number of rotatable bonds is 2. The van der Waals surface area contributed by atoms with Crippen LogP contribution in [0.1, 0.15) is 21.4 Å². The molecule has 2 aromatic carbocycles. The van der Waals surface area contributed by atoms with Gasteiger partial charge in [0.25, 0.3) is 0 Å². The summed E-state index contributed by atoms with van der Waals surface area (Å²) in [4.78, 5) is 1.20. The van der Waals surface area contributed by atoms with Crippen molar-refractivity contribution in [2.45, 2.75) is 12.3 Å². The van der Waals surface area contributed by atoms with Gasteiger partial charge < -0.3 is 0 Å². The maximum atomic E-state index is 6.61. The van der Waals surface area contributed by atoms with E-state index < -0.39 is 0 Å². The lowest BCUT2D eigenvalue weighted by Gasteiger charge is -2.13. The van der Waals surface area contributed by atoms with E-state index in [0.29, 0.717) is 0 Å². The third-order valence-electron chi connectivity index (χ3n) is 3.24. The van der Waals surface area contributed by atoms with Crippen molar-refractivity contribution in [3.8, 4) is 0 Å². The van der Waals surface area contributed by atoms with E-state index in [1.807, 2.05) is 6.07 Å². The zero-order chi connectivity index (χ0) is 12.5. The number of alkyl halides is 1. The molecule has 0 N–H and O–H groups in total. The van der Waals surface area contributed by atoms with Crippen molar-refractivity contribution < 1.29 is 0 Å². The number of hydrogen-bond acceptors (Lipinski definition) is 1. The van der Waals surface area contributed by atoms with Gasteiger partial charge in [-0.05, 0) is 40.3 Å². The maximum absolute atomic E-state index is 6.61. The van der Waals surface area contributed by atoms with E-state index >= 15 is 0 Å². The molecule has 0 nitrogen and oxygen atoms in total. The van der Waals surface area contributed by atoms with Crippen LogP contribution in [0.2, 0.25) is 0 Å². The number of hydrogen-bond donors (Lipinski definition) is 0. The predicted molar refractivity (Wildman–Crippen MR) is 80.7 cm³/mol. The Morgan fingerprint density at radius 2 is 1.72 bits per heavy atom. The molecular formula is C16H13ClS. The molecule has 1 unspecified atom stereocenters. The highest BCUT2D eigenvalue weighted by Gasteiger charge is 2.15. The van der Waals surface area contributed by atoms with E-state index in [-0.39, 0.29) is 5.38 Å². The molecule has 0 amide bonds. The molecule has 1 atom stereocenters. The largest absolute Gasteiger partial charge is 0.147 e. The van der Waals surface area contributed by atoms with Crippen LogP contribution in [0.4, 0.5) is 0 Å². The third-order valence-corrected chi connectivity index (χ3v) is 4.78. The maximum Gasteiger partial charge on any atom is 0.0933 e. The lowest BCUT2D eigenvalue weighted by atomic mass is 9.98. The van der Waals surface area contributed by atoms with Crippen molar-refractivity contribution in [3.05, 3.63) is 69.9 Å². The molecule has 0 saturated heterocycles. The SMILES string of the molecule is Cc1ccc(C(Cl)c2cccs2)c2ccccc12. The van der Waals surface area contributed by atoms with Gasteiger partial charge in [0.15, 0.2) is 0 Å². The van der Waals surface area contributed by atoms with Crippen LogP contribution in [0.5, 0.6) is 0 Å². The molecule has 1 aromatic heterocycles. The molecule has 2 heteroatoms. The third kappa shape index (κ3) is 1.94. The van der Waals surface area contributed by atoms with E-state index in [1.165, 1.54) is 26.8 Å². The molecule has 0 aliphatic heterocycles. The summed E-state index contributed by atoms with van der Waals surface area (Å²) in [6, 6.07) is 16.9. The summed E-state index contributed by atoms with van der Waals surface area (Å²) < 4.78 is 0. The Bertz CT molecular complexity index is 671. The normalized spacial score (nSPS) is 12.8. The Hall–Kier alpha value is -1.31. The van der Waals surface area contributed by atoms with Gasteiger partial charge in [-0.3, -0.25) is 0 Å². The fourth-order valence-electron chi connectivity index (χ4n) is 2.28. The van der Waals surface area contributed by atoms with Gasteiger partial charge in [0.2, 0.25) is 0 Å². The molecule has 0 saturated carbocycles. The fourth-order valence-corrected chi connectivity index (χ4v) is 3.42. The first-order chi connectivity index (χ1) is 8.77. The minimum atomic E-state index is -0.0597. The summed E-state index contributed by atoms with van der Waals surface area (Å²) in [5, 5.41) is 4.56. The van der Waals surface area contributed by atoms with Gasteiger partial charge in [0.05, 0.1) is 5.38 Å². The summed E-state index contributed by atoms with van der Waals surface area (Å²) in [5.74, 6) is 0. The van der Waals surface area contributed by atoms with Gasteiger partial charge in [-0.15, -0.1) is 22.9 Å². The molecule has 3 rings (SSSR count). The topological polar surface area (TPSA) is 0 Å². The van der Waals surface area contributed by atoms with Crippen LogP contribution >= 0.6 is 22.9 Å². The molecule has 3 aromatic rings. The first-order valence-corrected chi connectivity index (χ1v) is 7.24. The average Bonchev–Trinajstić information content (AvgIpc) is 2.93. The highest BCUT2D eigenvalue weighted by Crippen LogP contribution is 2.36. The average molecular weight is 273 g/mol. The molecule has 1 heterocycles. The number of aryl methyl sites for hydroxylation is 1. The van der Waals surface area contributed by atoms with E-state index in [2.05, 4.69) is 54.8 Å². The Balaban J connectivity index is 2.21. The molecule has 0 fully saturated rings. The van der Waals surface area contributed by atoms with Gasteiger partial charge >= 0.3 is 0 Å². The van der Waals surface area contributed by atoms with E-state index in [4.69, 9.17) is 11.6 Å². The number of thiophene rings is 1. The Labute approximate surface area is 116 Å². The second-order valence-electron chi connectivity index (χ2n) is 4.40. The second-order valence-corrected chi connectivity index (χ2v) is 5.81. The highest BCUT2D eigenvalue weighted by atomic mass is 35.5. The van der Waals surface area contributed by atoms with Gasteiger partial charge in [-0.2, -0.15) is 0 Å². The van der Waals surface area contributed by atoms with Crippen LogP contribution < -0.4 is 0 Å². The first kappa shape index (κ1) is 11.8. The fraction of sp³-hybridized carbons (Fsp3) is 0.125. The zero-order valence-corrected chi connectivity index (χ0v) is 11.6. The molecule has 0 spiro atoms. The second kappa shape index (κ2) is 4.75. The standard InChI is InChI=1S/C16H13ClS/c1-11-8-9-14(13-6-3-2-5-12(11)13)16(17)15-7-4-10-18-15/h2-10,16H,1H3. The Morgan fingerprint density at radius 3 is 2.44 bits per heavy atom. The van der Waals surface area contributed by atoms with Gasteiger partial charge in [-0.25, -0.2) is 0 Å². The minimum Gasteiger partial charge on any atom is -0.147 e. The highest BCUT2D eigenvalue weighted by molar-refractivity contribution is 7.10. The minimum absolute atomic E-state index is 0.0597. The molecule has 0 aliphatic carbocycles. The van der Waals surface area contributed by atoms with Crippen LogP contribution in [0.25, 0.3) is 10.8 Å². The smallest absolute Gasteiger partial charge is 0.0933 e. The molecule has 90 valence electrons. The molecule has 0 radical (unpaired) electrons. The lowest BCUT2D eigenvalue weighted by Crippen LogP contribution is -1.93. The van der Waals surface area contributed by atoms with Crippen molar-refractivity contribution in [2.24, 2.45) is 0 Å². The van der Waals surface area contributed by atoms with Crippen LogP contribution in [0, 0.1) is 6.92 Å². The zero-order valence-electron chi connectivity index (χ0n) is 10.1. The van der Waals surface area contributed by atoms with E-state index in [1.54, 1.807) is 11.3 Å². The summed E-state index contributed by atoms with van der Waals surface area (Å²) >= 11 is 8.32. The molecule has 0 aliphatic rings. The van der Waals surface area contributed by atoms with Crippen molar-refractivity contribution in [1.82, 2.24) is 0 Å². The summed E-state index contributed by atoms with van der Waals surface area (Å²) in [6.45, 7) is 2.14. The molecule has 0 bridgehead atoms.